The minimum Gasteiger partial charge on any atom is -0.481 e. The molecule has 0 aliphatic carbocycles. The molecule has 0 aromatic heterocycles. The van der Waals surface area contributed by atoms with E-state index in [-0.39, 0.29) is 5.88 Å². The average molecular weight is 285 g/mol. The second-order valence-corrected chi connectivity index (χ2v) is 6.08. The highest BCUT2D eigenvalue weighted by Crippen LogP contribution is 2.19. The summed E-state index contributed by atoms with van der Waals surface area (Å²) in [5.74, 6) is -0.755. The molecule has 0 heterocycles. The lowest BCUT2D eigenvalue weighted by atomic mass is 9.97. The van der Waals surface area contributed by atoms with Crippen molar-refractivity contribution >= 4 is 35.3 Å². The fourth-order valence-electron chi connectivity index (χ4n) is 0.480. The van der Waals surface area contributed by atoms with Crippen LogP contribution >= 0.6 is 23.4 Å². The molecule has 0 saturated heterocycles. The van der Waals surface area contributed by atoms with Gasteiger partial charge >= 0.3 is 11.9 Å². The van der Waals surface area contributed by atoms with Crippen molar-refractivity contribution in [3.8, 4) is 0 Å². The van der Waals surface area contributed by atoms with Gasteiger partial charge in [0.1, 0.15) is 0 Å². The number of carboxylic acid groups (broad SMARTS) is 2. The first kappa shape index (κ1) is 18.9. The lowest BCUT2D eigenvalue weighted by Gasteiger charge is -2.16. The van der Waals surface area contributed by atoms with Crippen LogP contribution in [0.25, 0.3) is 0 Å². The molecule has 0 amide bonds. The summed E-state index contributed by atoms with van der Waals surface area (Å²) in [7, 11) is 0. The van der Waals surface area contributed by atoms with Crippen molar-refractivity contribution in [2.24, 2.45) is 10.8 Å². The molecular formula is C11H21ClO4S. The van der Waals surface area contributed by atoms with E-state index in [1.807, 2.05) is 6.26 Å². The van der Waals surface area contributed by atoms with E-state index in [1.165, 1.54) is 0 Å². The van der Waals surface area contributed by atoms with Crippen LogP contribution < -0.4 is 0 Å². The Morgan fingerprint density at radius 3 is 1.47 bits per heavy atom. The van der Waals surface area contributed by atoms with Crippen LogP contribution in [-0.4, -0.2) is 40.0 Å². The summed E-state index contributed by atoms with van der Waals surface area (Å²) in [5, 5.41) is 16.9. The van der Waals surface area contributed by atoms with E-state index >= 15 is 0 Å². The van der Waals surface area contributed by atoms with E-state index in [0.29, 0.717) is 5.75 Å². The molecule has 0 spiro atoms. The Hall–Kier alpha value is -0.420. The fourth-order valence-corrected chi connectivity index (χ4v) is 1.44. The molecule has 2 N–H and O–H groups in total. The normalized spacial score (nSPS) is 11.4. The molecule has 0 atom stereocenters. The van der Waals surface area contributed by atoms with Gasteiger partial charge in [-0.3, -0.25) is 9.59 Å². The Kier molecular flexibility index (Phi) is 8.71. The molecule has 4 nitrogen and oxygen atoms in total. The fraction of sp³-hybridized carbons (Fsp3) is 0.818. The minimum absolute atomic E-state index is 0.155. The van der Waals surface area contributed by atoms with E-state index in [9.17, 15) is 9.59 Å². The quantitative estimate of drug-likeness (QED) is 0.759. The van der Waals surface area contributed by atoms with Crippen molar-refractivity contribution in [3.63, 3.8) is 0 Å². The molecule has 17 heavy (non-hydrogen) atoms. The van der Waals surface area contributed by atoms with Crippen LogP contribution in [0.4, 0.5) is 0 Å². The van der Waals surface area contributed by atoms with Crippen molar-refractivity contribution < 1.29 is 19.8 Å². The summed E-state index contributed by atoms with van der Waals surface area (Å²) in [4.78, 5) is 20.6. The van der Waals surface area contributed by atoms with Gasteiger partial charge in [0.25, 0.3) is 0 Å². The van der Waals surface area contributed by atoms with Gasteiger partial charge in [-0.05, 0) is 34.0 Å². The monoisotopic (exact) mass is 284 g/mol. The number of alkyl halides is 1. The van der Waals surface area contributed by atoms with E-state index in [2.05, 4.69) is 0 Å². The standard InChI is InChI=1S/C6H12O2S.C5H9ClO2/c1-6(2,4-9-3)5(7)8;1-5(2,3-6)4(7)8/h4H2,1-3H3,(H,7,8);3H2,1-2H3,(H,7,8). The first-order chi connectivity index (χ1) is 7.51. The Morgan fingerprint density at radius 2 is 1.41 bits per heavy atom. The lowest BCUT2D eigenvalue weighted by Crippen LogP contribution is -2.25. The molecule has 0 radical (unpaired) electrons. The zero-order valence-electron chi connectivity index (χ0n) is 10.9. The first-order valence-corrected chi connectivity index (χ1v) is 6.96. The number of rotatable bonds is 5. The van der Waals surface area contributed by atoms with Gasteiger partial charge in [-0.2, -0.15) is 11.8 Å². The van der Waals surface area contributed by atoms with Crippen molar-refractivity contribution in [3.05, 3.63) is 0 Å². The molecule has 0 unspecified atom stereocenters. The Morgan fingerprint density at radius 1 is 1.06 bits per heavy atom. The van der Waals surface area contributed by atoms with Crippen LogP contribution in [0.3, 0.4) is 0 Å². The van der Waals surface area contributed by atoms with Crippen molar-refractivity contribution in [1.29, 1.82) is 0 Å². The van der Waals surface area contributed by atoms with E-state index in [4.69, 9.17) is 21.8 Å². The summed E-state index contributed by atoms with van der Waals surface area (Å²) in [6.45, 7) is 6.63. The number of aliphatic carboxylic acids is 2. The highest BCUT2D eigenvalue weighted by molar-refractivity contribution is 7.98. The maximum absolute atomic E-state index is 10.4. The maximum atomic E-state index is 10.4. The molecule has 0 aliphatic heterocycles. The highest BCUT2D eigenvalue weighted by Gasteiger charge is 2.26. The zero-order chi connectivity index (χ0) is 14.3. The van der Waals surface area contributed by atoms with Gasteiger partial charge in [0, 0.05) is 11.6 Å². The highest BCUT2D eigenvalue weighted by atomic mass is 35.5. The summed E-state index contributed by atoms with van der Waals surface area (Å²) >= 11 is 6.86. The molecule has 0 bridgehead atoms. The van der Waals surface area contributed by atoms with Crippen LogP contribution in [0.15, 0.2) is 0 Å². The second kappa shape index (κ2) is 7.82. The number of hydrogen-bond donors (Lipinski definition) is 2. The topological polar surface area (TPSA) is 74.6 Å². The predicted molar refractivity (Wildman–Crippen MR) is 71.9 cm³/mol. The third-order valence-corrected chi connectivity index (χ3v) is 3.68. The van der Waals surface area contributed by atoms with Crippen LogP contribution in [-0.2, 0) is 9.59 Å². The molecule has 0 aliphatic rings. The second-order valence-electron chi connectivity index (χ2n) is 4.94. The zero-order valence-corrected chi connectivity index (χ0v) is 12.5. The average Bonchev–Trinajstić information content (AvgIpc) is 2.18. The number of hydrogen-bond acceptors (Lipinski definition) is 3. The molecule has 0 aromatic carbocycles. The molecule has 102 valence electrons. The number of thioether (sulfide) groups is 1. The van der Waals surface area contributed by atoms with Gasteiger partial charge in [-0.1, -0.05) is 0 Å². The summed E-state index contributed by atoms with van der Waals surface area (Å²) in [6, 6.07) is 0. The Bertz CT molecular complexity index is 264. The first-order valence-electron chi connectivity index (χ1n) is 5.03. The van der Waals surface area contributed by atoms with Crippen LogP contribution in [0.5, 0.6) is 0 Å². The Labute approximate surface area is 112 Å². The predicted octanol–water partition coefficient (Wildman–Crippen LogP) is 2.80. The smallest absolute Gasteiger partial charge is 0.310 e. The largest absolute Gasteiger partial charge is 0.481 e. The van der Waals surface area contributed by atoms with E-state index in [0.717, 1.165) is 0 Å². The van der Waals surface area contributed by atoms with Crippen LogP contribution in [0.1, 0.15) is 27.7 Å². The summed E-state index contributed by atoms with van der Waals surface area (Å²) in [6.07, 6.45) is 1.91. The summed E-state index contributed by atoms with van der Waals surface area (Å²) in [5.41, 5.74) is -1.35. The van der Waals surface area contributed by atoms with Crippen LogP contribution in [0, 0.1) is 10.8 Å². The van der Waals surface area contributed by atoms with Crippen molar-refractivity contribution in [2.75, 3.05) is 17.9 Å². The van der Waals surface area contributed by atoms with Gasteiger partial charge in [0.05, 0.1) is 10.8 Å². The number of carbonyl (C=O) groups is 2. The molecule has 0 saturated carbocycles. The lowest BCUT2D eigenvalue weighted by molar-refractivity contribution is -0.146. The summed E-state index contributed by atoms with van der Waals surface area (Å²) < 4.78 is 0. The Balaban J connectivity index is 0. The molecule has 6 heteroatoms. The molecule has 0 aromatic rings. The van der Waals surface area contributed by atoms with Gasteiger partial charge in [-0.15, -0.1) is 11.6 Å². The molecular weight excluding hydrogens is 264 g/mol. The SMILES string of the molecule is CC(C)(CCl)C(=O)O.CSCC(C)(C)C(=O)O. The third kappa shape index (κ3) is 8.32. The van der Waals surface area contributed by atoms with Gasteiger partial charge in [0.15, 0.2) is 0 Å². The molecule has 0 fully saturated rings. The minimum atomic E-state index is -0.854. The number of carboxylic acids is 2. The van der Waals surface area contributed by atoms with Gasteiger partial charge < -0.3 is 10.2 Å². The van der Waals surface area contributed by atoms with Gasteiger partial charge in [-0.25, -0.2) is 0 Å². The van der Waals surface area contributed by atoms with E-state index in [1.54, 1.807) is 39.5 Å². The third-order valence-electron chi connectivity index (χ3n) is 2.00. The number of halogens is 1. The van der Waals surface area contributed by atoms with Crippen molar-refractivity contribution in [2.45, 2.75) is 27.7 Å². The van der Waals surface area contributed by atoms with E-state index < -0.39 is 22.8 Å². The molecule has 0 rings (SSSR count). The maximum Gasteiger partial charge on any atom is 0.310 e. The van der Waals surface area contributed by atoms with Crippen molar-refractivity contribution in [1.82, 2.24) is 0 Å². The van der Waals surface area contributed by atoms with Gasteiger partial charge in [0.2, 0.25) is 0 Å². The van der Waals surface area contributed by atoms with Crippen LogP contribution in [0.2, 0.25) is 0 Å².